The molecule has 0 fully saturated rings. The number of nitrogens with one attached hydrogen (secondary N) is 1. The third-order valence-corrected chi connectivity index (χ3v) is 5.53. The SMILES string of the molecule is COc1ccc(-c2nnc(NC(=O)c3cc(Cl)ccc3OCc3ccccc3)s2)cc1. The number of halogens is 1. The molecule has 0 radical (unpaired) electrons. The van der Waals surface area contributed by atoms with Crippen molar-refractivity contribution in [1.29, 1.82) is 0 Å². The fourth-order valence-corrected chi connectivity index (χ4v) is 3.75. The van der Waals surface area contributed by atoms with Crippen molar-refractivity contribution in [3.05, 3.63) is 88.9 Å². The van der Waals surface area contributed by atoms with Gasteiger partial charge < -0.3 is 9.47 Å². The highest BCUT2D eigenvalue weighted by molar-refractivity contribution is 7.18. The Morgan fingerprint density at radius 3 is 2.55 bits per heavy atom. The van der Waals surface area contributed by atoms with Gasteiger partial charge in [0, 0.05) is 10.6 Å². The standard InChI is InChI=1S/C23H18ClN3O3S/c1-29-18-10-7-16(8-11-18)22-26-27-23(31-22)25-21(28)19-13-17(24)9-12-20(19)30-14-15-5-3-2-4-6-15/h2-13H,14H2,1H3,(H,25,27,28). The first-order chi connectivity index (χ1) is 15.1. The lowest BCUT2D eigenvalue weighted by Crippen LogP contribution is -2.13. The predicted octanol–water partition coefficient (Wildman–Crippen LogP) is 5.70. The minimum absolute atomic E-state index is 0.324. The second-order valence-electron chi connectivity index (χ2n) is 6.51. The van der Waals surface area contributed by atoms with Gasteiger partial charge in [0.25, 0.3) is 5.91 Å². The predicted molar refractivity (Wildman–Crippen MR) is 122 cm³/mol. The molecule has 0 bridgehead atoms. The second kappa shape index (κ2) is 9.59. The lowest BCUT2D eigenvalue weighted by Gasteiger charge is -2.11. The van der Waals surface area contributed by atoms with Gasteiger partial charge in [-0.1, -0.05) is 53.3 Å². The van der Waals surface area contributed by atoms with E-state index in [-0.39, 0.29) is 5.91 Å². The third kappa shape index (κ3) is 5.20. The van der Waals surface area contributed by atoms with Gasteiger partial charge >= 0.3 is 0 Å². The number of amides is 1. The Labute approximate surface area is 188 Å². The van der Waals surface area contributed by atoms with E-state index in [9.17, 15) is 4.79 Å². The molecule has 0 saturated heterocycles. The molecule has 156 valence electrons. The fourth-order valence-electron chi connectivity index (χ4n) is 2.83. The van der Waals surface area contributed by atoms with Gasteiger partial charge in [-0.2, -0.15) is 0 Å². The van der Waals surface area contributed by atoms with Crippen molar-refractivity contribution >= 4 is 34.0 Å². The summed E-state index contributed by atoms with van der Waals surface area (Å²) in [5.74, 6) is 0.819. The Morgan fingerprint density at radius 1 is 1.03 bits per heavy atom. The number of carbonyl (C=O) groups is 1. The van der Waals surface area contributed by atoms with E-state index in [0.717, 1.165) is 16.9 Å². The van der Waals surface area contributed by atoms with E-state index in [4.69, 9.17) is 21.1 Å². The van der Waals surface area contributed by atoms with Crippen molar-refractivity contribution in [2.75, 3.05) is 12.4 Å². The molecule has 0 spiro atoms. The van der Waals surface area contributed by atoms with E-state index in [1.807, 2.05) is 54.6 Å². The number of methoxy groups -OCH3 is 1. The molecule has 0 atom stereocenters. The van der Waals surface area contributed by atoms with Crippen molar-refractivity contribution in [3.8, 4) is 22.1 Å². The van der Waals surface area contributed by atoms with Crippen LogP contribution < -0.4 is 14.8 Å². The molecular weight excluding hydrogens is 434 g/mol. The number of hydrogen-bond acceptors (Lipinski definition) is 6. The Kier molecular flexibility index (Phi) is 6.45. The summed E-state index contributed by atoms with van der Waals surface area (Å²) in [4.78, 5) is 12.9. The molecule has 4 aromatic rings. The summed E-state index contributed by atoms with van der Waals surface area (Å²) < 4.78 is 11.0. The first-order valence-corrected chi connectivity index (χ1v) is 10.6. The molecule has 0 saturated carbocycles. The van der Waals surface area contributed by atoms with Crippen LogP contribution in [0, 0.1) is 0 Å². The van der Waals surface area contributed by atoms with Crippen molar-refractivity contribution in [2.24, 2.45) is 0 Å². The smallest absolute Gasteiger partial charge is 0.261 e. The molecule has 4 rings (SSSR count). The average molecular weight is 452 g/mol. The number of ether oxygens (including phenoxy) is 2. The molecule has 1 amide bonds. The zero-order valence-corrected chi connectivity index (χ0v) is 18.1. The summed E-state index contributed by atoms with van der Waals surface area (Å²) in [5.41, 5.74) is 2.20. The minimum Gasteiger partial charge on any atom is -0.497 e. The molecular formula is C23H18ClN3O3S. The minimum atomic E-state index is -0.372. The van der Waals surface area contributed by atoms with Gasteiger partial charge in [-0.05, 0) is 48.0 Å². The number of anilines is 1. The van der Waals surface area contributed by atoms with Crippen LogP contribution >= 0.6 is 22.9 Å². The number of carbonyl (C=O) groups excluding carboxylic acids is 1. The topological polar surface area (TPSA) is 73.3 Å². The Bertz CT molecular complexity index is 1180. The molecule has 1 aromatic heterocycles. The van der Waals surface area contributed by atoms with E-state index in [2.05, 4.69) is 15.5 Å². The maximum absolute atomic E-state index is 12.9. The molecule has 1 heterocycles. The molecule has 6 nitrogen and oxygen atoms in total. The maximum atomic E-state index is 12.9. The molecule has 8 heteroatoms. The fraction of sp³-hybridized carbons (Fsp3) is 0.0870. The summed E-state index contributed by atoms with van der Waals surface area (Å²) in [6, 6.07) is 22.1. The zero-order valence-electron chi connectivity index (χ0n) is 16.5. The average Bonchev–Trinajstić information content (AvgIpc) is 3.27. The van der Waals surface area contributed by atoms with E-state index >= 15 is 0 Å². The molecule has 0 aliphatic heterocycles. The number of benzene rings is 3. The second-order valence-corrected chi connectivity index (χ2v) is 7.92. The maximum Gasteiger partial charge on any atom is 0.261 e. The van der Waals surface area contributed by atoms with Crippen molar-refractivity contribution in [2.45, 2.75) is 6.61 Å². The van der Waals surface area contributed by atoms with Crippen LogP contribution in [0.3, 0.4) is 0 Å². The van der Waals surface area contributed by atoms with Crippen LogP contribution in [-0.2, 0) is 6.61 Å². The Balaban J connectivity index is 1.49. The molecule has 0 unspecified atom stereocenters. The van der Waals surface area contributed by atoms with Crippen molar-refractivity contribution < 1.29 is 14.3 Å². The van der Waals surface area contributed by atoms with Gasteiger partial charge in [-0.15, -0.1) is 10.2 Å². The molecule has 0 aliphatic rings. The highest BCUT2D eigenvalue weighted by Gasteiger charge is 2.16. The van der Waals surface area contributed by atoms with E-state index in [0.29, 0.717) is 33.1 Å². The Hall–Kier alpha value is -3.42. The Morgan fingerprint density at radius 2 is 1.81 bits per heavy atom. The summed E-state index contributed by atoms with van der Waals surface area (Å²) >= 11 is 7.39. The van der Waals surface area contributed by atoms with Crippen molar-refractivity contribution in [1.82, 2.24) is 10.2 Å². The third-order valence-electron chi connectivity index (χ3n) is 4.41. The quantitative estimate of drug-likeness (QED) is 0.390. The first kappa shape index (κ1) is 20.8. The number of nitrogens with zero attached hydrogens (tertiary/aromatic N) is 2. The van der Waals surface area contributed by atoms with Crippen LogP contribution in [0.25, 0.3) is 10.6 Å². The molecule has 0 aliphatic carbocycles. The van der Waals surface area contributed by atoms with Crippen molar-refractivity contribution in [3.63, 3.8) is 0 Å². The van der Waals surface area contributed by atoms with Gasteiger partial charge in [0.05, 0.1) is 12.7 Å². The number of rotatable bonds is 7. The highest BCUT2D eigenvalue weighted by atomic mass is 35.5. The highest BCUT2D eigenvalue weighted by Crippen LogP contribution is 2.29. The summed E-state index contributed by atoms with van der Waals surface area (Å²) in [5, 5.41) is 12.5. The van der Waals surface area contributed by atoms with Crippen LogP contribution in [0.1, 0.15) is 15.9 Å². The van der Waals surface area contributed by atoms with E-state index < -0.39 is 0 Å². The number of hydrogen-bond donors (Lipinski definition) is 1. The molecule has 3 aromatic carbocycles. The van der Waals surface area contributed by atoms with Gasteiger partial charge in [0.2, 0.25) is 5.13 Å². The van der Waals surface area contributed by atoms with Crippen LogP contribution in [-0.4, -0.2) is 23.2 Å². The summed E-state index contributed by atoms with van der Waals surface area (Å²) in [7, 11) is 1.61. The largest absolute Gasteiger partial charge is 0.497 e. The first-order valence-electron chi connectivity index (χ1n) is 9.38. The summed E-state index contributed by atoms with van der Waals surface area (Å²) in [6.45, 7) is 0.336. The lowest BCUT2D eigenvalue weighted by molar-refractivity contribution is 0.102. The van der Waals surface area contributed by atoms with Crippen LogP contribution in [0.4, 0.5) is 5.13 Å². The molecule has 31 heavy (non-hydrogen) atoms. The van der Waals surface area contributed by atoms with Crippen LogP contribution in [0.15, 0.2) is 72.8 Å². The normalized spacial score (nSPS) is 10.5. The van der Waals surface area contributed by atoms with Gasteiger partial charge in [0.15, 0.2) is 0 Å². The zero-order chi connectivity index (χ0) is 21.6. The van der Waals surface area contributed by atoms with Gasteiger partial charge in [0.1, 0.15) is 23.1 Å². The van der Waals surface area contributed by atoms with E-state index in [1.54, 1.807) is 25.3 Å². The van der Waals surface area contributed by atoms with Crippen LogP contribution in [0.2, 0.25) is 5.02 Å². The van der Waals surface area contributed by atoms with Crippen LogP contribution in [0.5, 0.6) is 11.5 Å². The lowest BCUT2D eigenvalue weighted by atomic mass is 10.2. The summed E-state index contributed by atoms with van der Waals surface area (Å²) in [6.07, 6.45) is 0. The van der Waals surface area contributed by atoms with E-state index in [1.165, 1.54) is 11.3 Å². The van der Waals surface area contributed by atoms with Gasteiger partial charge in [-0.25, -0.2) is 0 Å². The molecule has 1 N–H and O–H groups in total. The number of aromatic nitrogens is 2. The van der Waals surface area contributed by atoms with Gasteiger partial charge in [-0.3, -0.25) is 10.1 Å². The monoisotopic (exact) mass is 451 g/mol.